The van der Waals surface area contributed by atoms with Gasteiger partial charge in [-0.15, -0.1) is 0 Å². The molecule has 3 aromatic rings. The summed E-state index contributed by atoms with van der Waals surface area (Å²) in [7, 11) is 1.66. The largest absolute Gasteiger partial charge is 0.497 e. The first kappa shape index (κ1) is 20.1. The van der Waals surface area contributed by atoms with Crippen LogP contribution < -0.4 is 4.74 Å². The number of methoxy groups -OCH3 is 1. The zero-order chi connectivity index (χ0) is 20.8. The van der Waals surface area contributed by atoms with E-state index in [1.165, 1.54) is 0 Å². The Kier molecular flexibility index (Phi) is 6.42. The van der Waals surface area contributed by atoms with Gasteiger partial charge in [-0.2, -0.15) is 4.98 Å². The van der Waals surface area contributed by atoms with E-state index in [4.69, 9.17) is 9.26 Å². The highest BCUT2D eigenvalue weighted by atomic mass is 16.5. The molecule has 30 heavy (non-hydrogen) atoms. The second-order valence-corrected chi connectivity index (χ2v) is 7.60. The van der Waals surface area contributed by atoms with Crippen molar-refractivity contribution in [1.82, 2.24) is 15.0 Å². The molecular weight excluding hydrogens is 378 g/mol. The molecule has 1 aromatic heterocycles. The Labute approximate surface area is 176 Å². The van der Waals surface area contributed by atoms with Gasteiger partial charge in [0.2, 0.25) is 17.6 Å². The number of ether oxygens (including phenoxy) is 1. The number of benzene rings is 2. The fourth-order valence-electron chi connectivity index (χ4n) is 4.00. The van der Waals surface area contributed by atoms with Crippen molar-refractivity contribution in [1.29, 1.82) is 0 Å². The molecule has 2 heterocycles. The minimum Gasteiger partial charge on any atom is -0.497 e. The van der Waals surface area contributed by atoms with Gasteiger partial charge in [0, 0.05) is 24.9 Å². The molecule has 0 spiro atoms. The summed E-state index contributed by atoms with van der Waals surface area (Å²) in [5.41, 5.74) is 2.07. The summed E-state index contributed by atoms with van der Waals surface area (Å²) in [6.45, 7) is 0.786. The van der Waals surface area contributed by atoms with E-state index in [0.29, 0.717) is 24.6 Å². The lowest BCUT2D eigenvalue weighted by Gasteiger charge is -2.30. The van der Waals surface area contributed by atoms with Gasteiger partial charge < -0.3 is 14.2 Å². The SMILES string of the molecule is COc1ccc(C2CCCCCN2C(=O)CCc2nc(-c3ccccc3)no2)cc1. The van der Waals surface area contributed by atoms with Crippen molar-refractivity contribution in [2.45, 2.75) is 44.6 Å². The lowest BCUT2D eigenvalue weighted by molar-refractivity contribution is -0.133. The molecule has 6 heteroatoms. The van der Waals surface area contributed by atoms with Crippen LogP contribution in [0.25, 0.3) is 11.4 Å². The summed E-state index contributed by atoms with van der Waals surface area (Å²) >= 11 is 0. The first-order valence-corrected chi connectivity index (χ1v) is 10.6. The van der Waals surface area contributed by atoms with Gasteiger partial charge in [0.05, 0.1) is 13.2 Å². The molecule has 1 saturated heterocycles. The van der Waals surface area contributed by atoms with Gasteiger partial charge in [-0.3, -0.25) is 4.79 Å². The van der Waals surface area contributed by atoms with E-state index >= 15 is 0 Å². The second-order valence-electron chi connectivity index (χ2n) is 7.60. The predicted octanol–water partition coefficient (Wildman–Crippen LogP) is 4.82. The fourth-order valence-corrected chi connectivity index (χ4v) is 4.00. The Morgan fingerprint density at radius 1 is 1.10 bits per heavy atom. The Balaban J connectivity index is 1.43. The van der Waals surface area contributed by atoms with Crippen LogP contribution in [0.1, 0.15) is 49.6 Å². The van der Waals surface area contributed by atoms with Crippen molar-refractivity contribution in [3.63, 3.8) is 0 Å². The van der Waals surface area contributed by atoms with Crippen LogP contribution in [-0.4, -0.2) is 34.6 Å². The van der Waals surface area contributed by atoms with E-state index in [1.54, 1.807) is 7.11 Å². The van der Waals surface area contributed by atoms with Crippen molar-refractivity contribution in [3.8, 4) is 17.1 Å². The van der Waals surface area contributed by atoms with Crippen LogP contribution in [0.4, 0.5) is 0 Å². The van der Waals surface area contributed by atoms with Crippen LogP contribution >= 0.6 is 0 Å². The molecule has 6 nitrogen and oxygen atoms in total. The van der Waals surface area contributed by atoms with E-state index in [1.807, 2.05) is 47.4 Å². The van der Waals surface area contributed by atoms with Crippen molar-refractivity contribution in [2.75, 3.05) is 13.7 Å². The van der Waals surface area contributed by atoms with Crippen molar-refractivity contribution in [2.24, 2.45) is 0 Å². The first-order valence-electron chi connectivity index (χ1n) is 10.6. The Morgan fingerprint density at radius 2 is 1.90 bits per heavy atom. The molecule has 1 aliphatic heterocycles. The average Bonchev–Trinajstić information content (AvgIpc) is 3.14. The van der Waals surface area contributed by atoms with Gasteiger partial charge in [0.25, 0.3) is 0 Å². The first-order chi connectivity index (χ1) is 14.7. The maximum absolute atomic E-state index is 13.1. The summed E-state index contributed by atoms with van der Waals surface area (Å²) in [6.07, 6.45) is 5.12. The highest BCUT2D eigenvalue weighted by molar-refractivity contribution is 5.77. The lowest BCUT2D eigenvalue weighted by atomic mass is 10.00. The van der Waals surface area contributed by atoms with Crippen molar-refractivity contribution in [3.05, 3.63) is 66.1 Å². The van der Waals surface area contributed by atoms with Gasteiger partial charge >= 0.3 is 0 Å². The number of carbonyl (C=O) groups is 1. The fraction of sp³-hybridized carbons (Fsp3) is 0.375. The molecule has 1 fully saturated rings. The highest BCUT2D eigenvalue weighted by Gasteiger charge is 2.27. The smallest absolute Gasteiger partial charge is 0.227 e. The molecular formula is C24H27N3O3. The molecule has 0 N–H and O–H groups in total. The predicted molar refractivity (Wildman–Crippen MR) is 114 cm³/mol. The van der Waals surface area contributed by atoms with Gasteiger partial charge in [-0.05, 0) is 30.5 Å². The van der Waals surface area contributed by atoms with Gasteiger partial charge in [-0.25, -0.2) is 0 Å². The number of aryl methyl sites for hydroxylation is 1. The van der Waals surface area contributed by atoms with Crippen LogP contribution in [0.15, 0.2) is 59.1 Å². The monoisotopic (exact) mass is 405 g/mol. The average molecular weight is 405 g/mol. The lowest BCUT2D eigenvalue weighted by Crippen LogP contribution is -2.35. The third-order valence-corrected chi connectivity index (χ3v) is 5.63. The van der Waals surface area contributed by atoms with E-state index < -0.39 is 0 Å². The molecule has 1 amide bonds. The molecule has 1 atom stereocenters. The zero-order valence-corrected chi connectivity index (χ0v) is 17.3. The van der Waals surface area contributed by atoms with Crippen molar-refractivity contribution < 1.29 is 14.1 Å². The number of amides is 1. The van der Waals surface area contributed by atoms with Crippen LogP contribution in [-0.2, 0) is 11.2 Å². The number of nitrogens with zero attached hydrogens (tertiary/aromatic N) is 3. The molecule has 0 aliphatic carbocycles. The Morgan fingerprint density at radius 3 is 2.67 bits per heavy atom. The minimum atomic E-state index is 0.105. The Bertz CT molecular complexity index is 953. The number of carbonyl (C=O) groups excluding carboxylic acids is 1. The zero-order valence-electron chi connectivity index (χ0n) is 17.3. The molecule has 1 aliphatic rings. The van der Waals surface area contributed by atoms with Crippen LogP contribution in [0.3, 0.4) is 0 Å². The van der Waals surface area contributed by atoms with E-state index in [0.717, 1.165) is 49.1 Å². The third kappa shape index (κ3) is 4.70. The van der Waals surface area contributed by atoms with Gasteiger partial charge in [0.15, 0.2) is 0 Å². The normalized spacial score (nSPS) is 16.8. The summed E-state index contributed by atoms with van der Waals surface area (Å²) < 4.78 is 10.6. The minimum absolute atomic E-state index is 0.105. The number of hydrogen-bond donors (Lipinski definition) is 0. The number of hydrogen-bond acceptors (Lipinski definition) is 5. The molecule has 156 valence electrons. The third-order valence-electron chi connectivity index (χ3n) is 5.63. The van der Waals surface area contributed by atoms with Crippen LogP contribution in [0, 0.1) is 0 Å². The molecule has 4 rings (SSSR count). The Hall–Kier alpha value is -3.15. The molecule has 0 saturated carbocycles. The summed E-state index contributed by atoms with van der Waals surface area (Å²) in [5, 5.41) is 4.05. The molecule has 0 bridgehead atoms. The molecule has 1 unspecified atom stereocenters. The molecule has 0 radical (unpaired) electrons. The topological polar surface area (TPSA) is 68.5 Å². The quantitative estimate of drug-likeness (QED) is 0.588. The van der Waals surface area contributed by atoms with Gasteiger partial charge in [-0.1, -0.05) is 60.5 Å². The van der Waals surface area contributed by atoms with E-state index in [9.17, 15) is 4.79 Å². The maximum Gasteiger partial charge on any atom is 0.227 e. The standard InChI is InChI=1S/C24H27N3O3/c1-29-20-13-11-18(12-14-20)21-10-6-3-7-17-27(21)23(28)16-15-22-25-24(26-30-22)19-8-4-2-5-9-19/h2,4-5,8-9,11-14,21H,3,6-7,10,15-17H2,1H3. The second kappa shape index (κ2) is 9.57. The highest BCUT2D eigenvalue weighted by Crippen LogP contribution is 2.31. The van der Waals surface area contributed by atoms with Crippen LogP contribution in [0.2, 0.25) is 0 Å². The van der Waals surface area contributed by atoms with Crippen LogP contribution in [0.5, 0.6) is 5.75 Å². The van der Waals surface area contributed by atoms with Gasteiger partial charge in [0.1, 0.15) is 5.75 Å². The maximum atomic E-state index is 13.1. The summed E-state index contributed by atoms with van der Waals surface area (Å²) in [5.74, 6) is 2.02. The van der Waals surface area contributed by atoms with Crippen molar-refractivity contribution >= 4 is 5.91 Å². The number of likely N-dealkylation sites (tertiary alicyclic amines) is 1. The summed E-state index contributed by atoms with van der Waals surface area (Å²) in [6, 6.07) is 17.9. The van der Waals surface area contributed by atoms with E-state index in [-0.39, 0.29) is 11.9 Å². The summed E-state index contributed by atoms with van der Waals surface area (Å²) in [4.78, 5) is 19.6. The van der Waals surface area contributed by atoms with E-state index in [2.05, 4.69) is 22.3 Å². The number of aromatic nitrogens is 2. The molecule has 2 aromatic carbocycles. The number of rotatable bonds is 6.